The maximum atomic E-state index is 8.74. The maximum absolute atomic E-state index is 8.74. The molecule has 52 valence electrons. The Kier molecular flexibility index (Phi) is 2.22. The van der Waals surface area contributed by atoms with Crippen molar-refractivity contribution in [1.29, 1.82) is 0 Å². The third kappa shape index (κ3) is 1.52. The summed E-state index contributed by atoms with van der Waals surface area (Å²) in [7, 11) is 0. The minimum Gasteiger partial charge on any atom is -0.396 e. The number of nitrogens with zero attached hydrogens (tertiary/aromatic N) is 1. The van der Waals surface area contributed by atoms with Crippen LogP contribution < -0.4 is 0 Å². The average molecular weight is 128 g/mol. The van der Waals surface area contributed by atoms with Crippen LogP contribution in [0.3, 0.4) is 0 Å². The van der Waals surface area contributed by atoms with Crippen molar-refractivity contribution in [3.63, 3.8) is 0 Å². The van der Waals surface area contributed by atoms with Crippen molar-refractivity contribution in [2.24, 2.45) is 5.92 Å². The van der Waals surface area contributed by atoms with Crippen LogP contribution in [-0.2, 0) is 0 Å². The summed E-state index contributed by atoms with van der Waals surface area (Å²) in [6.07, 6.45) is 3.25. The molecule has 1 unspecified atom stereocenters. The molecule has 1 aliphatic rings. The van der Waals surface area contributed by atoms with Crippen LogP contribution >= 0.6 is 0 Å². The Morgan fingerprint density at radius 3 is 2.89 bits per heavy atom. The van der Waals surface area contributed by atoms with Gasteiger partial charge >= 0.3 is 0 Å². The number of aliphatic hydroxyl groups excluding tert-OH is 1. The molecule has 0 spiro atoms. The Morgan fingerprint density at radius 1 is 1.78 bits per heavy atom. The molecule has 1 heterocycles. The number of hydrogen-bond acceptors (Lipinski definition) is 1. The standard InChI is InChI=1S/C7H14NO/c1-2-8-4-3-7(5-8)6-9/h2,7,9H,3-6H2,1H3/q+1. The first-order valence-corrected chi connectivity index (χ1v) is 3.51. The molecule has 1 N–H and O–H groups in total. The number of hydrogen-bond donors (Lipinski definition) is 1. The maximum Gasteiger partial charge on any atom is 0.147 e. The normalized spacial score (nSPS) is 31.8. The Balaban J connectivity index is 2.38. The molecule has 1 saturated heterocycles. The zero-order valence-electron chi connectivity index (χ0n) is 5.88. The highest BCUT2D eigenvalue weighted by Crippen LogP contribution is 2.09. The van der Waals surface area contributed by atoms with Crippen LogP contribution in [0.25, 0.3) is 0 Å². The van der Waals surface area contributed by atoms with Gasteiger partial charge in [0.05, 0.1) is 6.61 Å². The van der Waals surface area contributed by atoms with Gasteiger partial charge in [-0.25, -0.2) is 4.58 Å². The molecule has 0 aromatic rings. The predicted octanol–water partition coefficient (Wildman–Crippen LogP) is 0.102. The molecule has 0 aromatic heterocycles. The van der Waals surface area contributed by atoms with E-state index in [0.29, 0.717) is 12.5 Å². The van der Waals surface area contributed by atoms with E-state index in [9.17, 15) is 0 Å². The summed E-state index contributed by atoms with van der Waals surface area (Å²) in [5.74, 6) is 0.529. The molecule has 0 aliphatic carbocycles. The van der Waals surface area contributed by atoms with Gasteiger partial charge in [0.1, 0.15) is 19.3 Å². The zero-order chi connectivity index (χ0) is 6.69. The quantitative estimate of drug-likeness (QED) is 0.497. The van der Waals surface area contributed by atoms with Crippen LogP contribution in [0.15, 0.2) is 0 Å². The Hall–Kier alpha value is -0.370. The van der Waals surface area contributed by atoms with Crippen molar-refractivity contribution < 1.29 is 9.68 Å². The monoisotopic (exact) mass is 128 g/mol. The first-order chi connectivity index (χ1) is 4.36. The highest BCUT2D eigenvalue weighted by Gasteiger charge is 2.22. The van der Waals surface area contributed by atoms with Gasteiger partial charge in [0.25, 0.3) is 0 Å². The first-order valence-electron chi connectivity index (χ1n) is 3.51. The van der Waals surface area contributed by atoms with Gasteiger partial charge in [0.2, 0.25) is 0 Å². The van der Waals surface area contributed by atoms with Gasteiger partial charge in [0.15, 0.2) is 0 Å². The Labute approximate surface area is 55.8 Å². The van der Waals surface area contributed by atoms with Crippen molar-refractivity contribution in [2.75, 3.05) is 19.7 Å². The molecule has 0 radical (unpaired) electrons. The fraction of sp³-hybridized carbons (Fsp3) is 0.857. The van der Waals surface area contributed by atoms with Crippen molar-refractivity contribution >= 4 is 6.21 Å². The molecule has 0 amide bonds. The van der Waals surface area contributed by atoms with Crippen LogP contribution in [0.2, 0.25) is 0 Å². The smallest absolute Gasteiger partial charge is 0.147 e. The van der Waals surface area contributed by atoms with Gasteiger partial charge < -0.3 is 5.11 Å². The van der Waals surface area contributed by atoms with Gasteiger partial charge in [-0.05, 0) is 0 Å². The summed E-state index contributed by atoms with van der Waals surface area (Å²) in [5.41, 5.74) is 0. The van der Waals surface area contributed by atoms with E-state index in [4.69, 9.17) is 5.11 Å². The molecule has 1 rings (SSSR count). The Morgan fingerprint density at radius 2 is 2.56 bits per heavy atom. The van der Waals surface area contributed by atoms with Crippen LogP contribution in [0.4, 0.5) is 0 Å². The summed E-state index contributed by atoms with van der Waals surface area (Å²) in [6, 6.07) is 0. The zero-order valence-corrected chi connectivity index (χ0v) is 5.88. The Bertz CT molecular complexity index is 120. The van der Waals surface area contributed by atoms with Crippen molar-refractivity contribution in [3.8, 4) is 0 Å². The van der Waals surface area contributed by atoms with E-state index in [-0.39, 0.29) is 0 Å². The number of aliphatic hydroxyl groups is 1. The van der Waals surface area contributed by atoms with E-state index in [2.05, 4.69) is 10.8 Å². The molecule has 0 aromatic carbocycles. The topological polar surface area (TPSA) is 23.2 Å². The molecule has 1 fully saturated rings. The van der Waals surface area contributed by atoms with Gasteiger partial charge in [-0.15, -0.1) is 0 Å². The van der Waals surface area contributed by atoms with Crippen LogP contribution in [0.1, 0.15) is 13.3 Å². The third-order valence-electron chi connectivity index (χ3n) is 1.94. The van der Waals surface area contributed by atoms with Gasteiger partial charge in [0, 0.05) is 19.3 Å². The summed E-state index contributed by atoms with van der Waals surface area (Å²) in [6.45, 7) is 4.57. The second-order valence-electron chi connectivity index (χ2n) is 2.59. The van der Waals surface area contributed by atoms with Crippen molar-refractivity contribution in [3.05, 3.63) is 0 Å². The lowest BCUT2D eigenvalue weighted by Gasteiger charge is -1.94. The second-order valence-corrected chi connectivity index (χ2v) is 2.59. The first kappa shape index (κ1) is 6.75. The fourth-order valence-corrected chi connectivity index (χ4v) is 1.25. The summed E-state index contributed by atoms with van der Waals surface area (Å²) < 4.78 is 2.25. The number of rotatable bonds is 1. The summed E-state index contributed by atoms with van der Waals surface area (Å²) >= 11 is 0. The second kappa shape index (κ2) is 2.97. The summed E-state index contributed by atoms with van der Waals surface area (Å²) in [4.78, 5) is 0. The van der Waals surface area contributed by atoms with Crippen LogP contribution in [0.5, 0.6) is 0 Å². The highest BCUT2D eigenvalue weighted by molar-refractivity contribution is 5.46. The molecule has 1 atom stereocenters. The van der Waals surface area contributed by atoms with E-state index in [1.807, 2.05) is 6.92 Å². The van der Waals surface area contributed by atoms with E-state index in [1.54, 1.807) is 0 Å². The van der Waals surface area contributed by atoms with Gasteiger partial charge in [-0.1, -0.05) is 0 Å². The lowest BCUT2D eigenvalue weighted by atomic mass is 10.1. The summed E-state index contributed by atoms with van der Waals surface area (Å²) in [5, 5.41) is 8.74. The van der Waals surface area contributed by atoms with Gasteiger partial charge in [-0.3, -0.25) is 0 Å². The van der Waals surface area contributed by atoms with E-state index >= 15 is 0 Å². The van der Waals surface area contributed by atoms with Crippen LogP contribution in [0, 0.1) is 5.92 Å². The van der Waals surface area contributed by atoms with Crippen molar-refractivity contribution in [2.45, 2.75) is 13.3 Å². The molecular weight excluding hydrogens is 114 g/mol. The molecule has 9 heavy (non-hydrogen) atoms. The molecule has 2 nitrogen and oxygen atoms in total. The fourth-order valence-electron chi connectivity index (χ4n) is 1.25. The van der Waals surface area contributed by atoms with Crippen molar-refractivity contribution in [1.82, 2.24) is 0 Å². The minimum atomic E-state index is 0.352. The molecule has 0 bridgehead atoms. The third-order valence-corrected chi connectivity index (χ3v) is 1.94. The molecular formula is C7H14NO+. The minimum absolute atomic E-state index is 0.352. The van der Waals surface area contributed by atoms with Crippen LogP contribution in [-0.4, -0.2) is 35.6 Å². The van der Waals surface area contributed by atoms with E-state index < -0.39 is 0 Å². The van der Waals surface area contributed by atoms with Gasteiger partial charge in [-0.2, -0.15) is 0 Å². The molecule has 2 heteroatoms. The molecule has 1 aliphatic heterocycles. The SMILES string of the molecule is CC=[N+]1CCC(CO)C1. The largest absolute Gasteiger partial charge is 0.396 e. The highest BCUT2D eigenvalue weighted by atomic mass is 16.3. The lowest BCUT2D eigenvalue weighted by Crippen LogP contribution is -2.10. The van der Waals surface area contributed by atoms with E-state index in [1.165, 1.54) is 0 Å². The predicted molar refractivity (Wildman–Crippen MR) is 36.9 cm³/mol. The van der Waals surface area contributed by atoms with E-state index in [0.717, 1.165) is 19.5 Å². The lowest BCUT2D eigenvalue weighted by molar-refractivity contribution is -0.504. The molecule has 0 saturated carbocycles. The average Bonchev–Trinajstić information content (AvgIpc) is 2.34.